The van der Waals surface area contributed by atoms with Crippen LogP contribution in [0.5, 0.6) is 5.75 Å². The molecule has 0 aliphatic carbocycles. The van der Waals surface area contributed by atoms with Gasteiger partial charge < -0.3 is 19.2 Å². The van der Waals surface area contributed by atoms with Gasteiger partial charge in [0, 0.05) is 19.2 Å². The van der Waals surface area contributed by atoms with Gasteiger partial charge in [0.25, 0.3) is 5.91 Å². The summed E-state index contributed by atoms with van der Waals surface area (Å²) >= 11 is 0. The number of carboxylic acid groups (broad SMARTS) is 1. The summed E-state index contributed by atoms with van der Waals surface area (Å²) in [6.07, 6.45) is 1.25. The summed E-state index contributed by atoms with van der Waals surface area (Å²) in [4.78, 5) is 36.7. The molecule has 0 bridgehead atoms. The highest BCUT2D eigenvalue weighted by Gasteiger charge is 2.28. The topological polar surface area (TPSA) is 97.0 Å². The van der Waals surface area contributed by atoms with Crippen molar-refractivity contribution in [2.45, 2.75) is 26.7 Å². The van der Waals surface area contributed by atoms with Crippen molar-refractivity contribution in [1.29, 1.82) is 0 Å². The maximum Gasteiger partial charge on any atom is 0.336 e. The molecular formula is C19H21NO6. The van der Waals surface area contributed by atoms with E-state index >= 15 is 0 Å². The minimum atomic E-state index is -0.876. The maximum absolute atomic E-state index is 12.4. The van der Waals surface area contributed by atoms with Crippen LogP contribution in [0.25, 0.3) is 11.0 Å². The van der Waals surface area contributed by atoms with E-state index in [2.05, 4.69) is 0 Å². The summed E-state index contributed by atoms with van der Waals surface area (Å²) in [6, 6.07) is 4.92. The summed E-state index contributed by atoms with van der Waals surface area (Å²) in [5, 5.41) is 9.80. The van der Waals surface area contributed by atoms with Gasteiger partial charge in [0.05, 0.1) is 11.3 Å². The molecule has 2 heterocycles. The molecule has 26 heavy (non-hydrogen) atoms. The van der Waals surface area contributed by atoms with Crippen LogP contribution in [-0.4, -0.2) is 41.6 Å². The van der Waals surface area contributed by atoms with Crippen LogP contribution in [0.15, 0.2) is 27.4 Å². The van der Waals surface area contributed by atoms with Crippen LogP contribution in [0.1, 0.15) is 24.0 Å². The predicted molar refractivity (Wildman–Crippen MR) is 94.4 cm³/mol. The minimum Gasteiger partial charge on any atom is -0.483 e. The van der Waals surface area contributed by atoms with E-state index in [-0.39, 0.29) is 19.1 Å². The lowest BCUT2D eigenvalue weighted by atomic mass is 9.98. The van der Waals surface area contributed by atoms with E-state index < -0.39 is 17.5 Å². The molecule has 0 saturated carbocycles. The van der Waals surface area contributed by atoms with E-state index in [4.69, 9.17) is 14.3 Å². The first-order valence-electron chi connectivity index (χ1n) is 8.53. The molecule has 7 heteroatoms. The monoisotopic (exact) mass is 359 g/mol. The van der Waals surface area contributed by atoms with E-state index in [0.29, 0.717) is 41.7 Å². The Bertz CT molecular complexity index is 916. The van der Waals surface area contributed by atoms with E-state index in [1.54, 1.807) is 19.1 Å². The average molecular weight is 359 g/mol. The van der Waals surface area contributed by atoms with Crippen LogP contribution in [0.2, 0.25) is 0 Å². The number of nitrogens with zero attached hydrogens (tertiary/aromatic N) is 1. The zero-order chi connectivity index (χ0) is 18.8. The number of aliphatic carboxylic acids is 1. The van der Waals surface area contributed by atoms with Crippen molar-refractivity contribution in [2.24, 2.45) is 5.92 Å². The van der Waals surface area contributed by atoms with Gasteiger partial charge in [0.2, 0.25) is 0 Å². The standard InChI is InChI=1S/C19H21NO6/c1-11-6-14(18-12(2)8-17(22)26-15(18)7-11)25-10-16(21)20-5-3-4-13(9-20)19(23)24/h6-8,13H,3-5,9-10H2,1-2H3,(H,23,24). The Hall–Kier alpha value is -2.83. The summed E-state index contributed by atoms with van der Waals surface area (Å²) in [5.41, 5.74) is 1.54. The van der Waals surface area contributed by atoms with E-state index in [1.165, 1.54) is 11.0 Å². The number of carbonyl (C=O) groups is 2. The first-order chi connectivity index (χ1) is 12.3. The van der Waals surface area contributed by atoms with Gasteiger partial charge in [-0.15, -0.1) is 0 Å². The number of carboxylic acids is 1. The molecule has 3 rings (SSSR count). The smallest absolute Gasteiger partial charge is 0.336 e. The Morgan fingerprint density at radius 1 is 1.31 bits per heavy atom. The molecule has 1 atom stereocenters. The molecule has 1 unspecified atom stereocenters. The Labute approximate surface area is 150 Å². The quantitative estimate of drug-likeness (QED) is 0.840. The number of likely N-dealkylation sites (tertiary alicyclic amines) is 1. The van der Waals surface area contributed by atoms with E-state index in [9.17, 15) is 14.4 Å². The molecule has 7 nitrogen and oxygen atoms in total. The fourth-order valence-corrected chi connectivity index (χ4v) is 3.33. The zero-order valence-corrected chi connectivity index (χ0v) is 14.8. The van der Waals surface area contributed by atoms with Crippen molar-refractivity contribution in [2.75, 3.05) is 19.7 Å². The van der Waals surface area contributed by atoms with E-state index in [0.717, 1.165) is 5.56 Å². The number of rotatable bonds is 4. The number of aryl methyl sites for hydroxylation is 2. The van der Waals surface area contributed by atoms with Crippen molar-refractivity contribution < 1.29 is 23.8 Å². The number of fused-ring (bicyclic) bond motifs is 1. The molecule has 1 fully saturated rings. The van der Waals surface area contributed by atoms with Crippen LogP contribution in [0.4, 0.5) is 0 Å². The SMILES string of the molecule is Cc1cc(OCC(=O)N2CCCC(C(=O)O)C2)c2c(C)cc(=O)oc2c1. The molecule has 2 aromatic rings. The van der Waals surface area contributed by atoms with Crippen LogP contribution < -0.4 is 10.4 Å². The number of amides is 1. The second kappa shape index (κ2) is 7.19. The summed E-state index contributed by atoms with van der Waals surface area (Å²) < 4.78 is 11.0. The molecular weight excluding hydrogens is 338 g/mol. The molecule has 1 aliphatic rings. The van der Waals surface area contributed by atoms with Gasteiger partial charge >= 0.3 is 11.6 Å². The van der Waals surface area contributed by atoms with Gasteiger partial charge in [-0.3, -0.25) is 9.59 Å². The van der Waals surface area contributed by atoms with Crippen molar-refractivity contribution in [3.8, 4) is 5.75 Å². The molecule has 0 spiro atoms. The van der Waals surface area contributed by atoms with Crippen molar-refractivity contribution >= 4 is 22.8 Å². The van der Waals surface area contributed by atoms with E-state index in [1.807, 2.05) is 6.92 Å². The van der Waals surface area contributed by atoms with Gasteiger partial charge in [-0.05, 0) is 49.9 Å². The summed E-state index contributed by atoms with van der Waals surface area (Å²) in [7, 11) is 0. The first kappa shape index (κ1) is 18.0. The second-order valence-corrected chi connectivity index (χ2v) is 6.69. The third-order valence-electron chi connectivity index (χ3n) is 4.62. The third kappa shape index (κ3) is 3.71. The van der Waals surface area contributed by atoms with Crippen LogP contribution in [-0.2, 0) is 9.59 Å². The van der Waals surface area contributed by atoms with Gasteiger partial charge in [-0.2, -0.15) is 0 Å². The minimum absolute atomic E-state index is 0.191. The molecule has 0 radical (unpaired) electrons. The van der Waals surface area contributed by atoms with Crippen LogP contribution >= 0.6 is 0 Å². The normalized spacial score (nSPS) is 17.3. The molecule has 1 aliphatic heterocycles. The highest BCUT2D eigenvalue weighted by Crippen LogP contribution is 2.29. The fraction of sp³-hybridized carbons (Fsp3) is 0.421. The van der Waals surface area contributed by atoms with Crippen molar-refractivity contribution in [3.63, 3.8) is 0 Å². The molecule has 1 aromatic carbocycles. The number of hydrogen-bond acceptors (Lipinski definition) is 5. The first-order valence-corrected chi connectivity index (χ1v) is 8.53. The molecule has 138 valence electrons. The lowest BCUT2D eigenvalue weighted by Crippen LogP contribution is -2.44. The van der Waals surface area contributed by atoms with Gasteiger partial charge in [0.1, 0.15) is 11.3 Å². The van der Waals surface area contributed by atoms with Crippen LogP contribution in [0, 0.1) is 19.8 Å². The lowest BCUT2D eigenvalue weighted by molar-refractivity contribution is -0.146. The van der Waals surface area contributed by atoms with Crippen LogP contribution in [0.3, 0.4) is 0 Å². The molecule has 1 amide bonds. The zero-order valence-electron chi connectivity index (χ0n) is 14.8. The number of carbonyl (C=O) groups excluding carboxylic acids is 1. The molecule has 1 saturated heterocycles. The largest absolute Gasteiger partial charge is 0.483 e. The van der Waals surface area contributed by atoms with Gasteiger partial charge in [-0.1, -0.05) is 0 Å². The number of ether oxygens (including phenoxy) is 1. The molecule has 1 aromatic heterocycles. The third-order valence-corrected chi connectivity index (χ3v) is 4.62. The summed E-state index contributed by atoms with van der Waals surface area (Å²) in [5.74, 6) is -1.18. The summed E-state index contributed by atoms with van der Waals surface area (Å²) in [6.45, 7) is 4.18. The Morgan fingerprint density at radius 3 is 2.81 bits per heavy atom. The van der Waals surface area contributed by atoms with Crippen molar-refractivity contribution in [3.05, 3.63) is 39.7 Å². The number of piperidine rings is 1. The van der Waals surface area contributed by atoms with Gasteiger partial charge in [0.15, 0.2) is 6.61 Å². The second-order valence-electron chi connectivity index (χ2n) is 6.69. The number of benzene rings is 1. The molecule has 1 N–H and O–H groups in total. The Kier molecular flexibility index (Phi) is 4.97. The highest BCUT2D eigenvalue weighted by atomic mass is 16.5. The highest BCUT2D eigenvalue weighted by molar-refractivity contribution is 5.88. The average Bonchev–Trinajstić information content (AvgIpc) is 2.58. The number of hydrogen-bond donors (Lipinski definition) is 1. The van der Waals surface area contributed by atoms with Crippen molar-refractivity contribution in [1.82, 2.24) is 4.90 Å². The Morgan fingerprint density at radius 2 is 2.08 bits per heavy atom. The van der Waals surface area contributed by atoms with Gasteiger partial charge in [-0.25, -0.2) is 4.79 Å². The Balaban J connectivity index is 1.78. The lowest BCUT2D eigenvalue weighted by Gasteiger charge is -2.30. The predicted octanol–water partition coefficient (Wildman–Crippen LogP) is 2.11. The maximum atomic E-state index is 12.4. The fourth-order valence-electron chi connectivity index (χ4n) is 3.33.